The maximum Gasteiger partial charge on any atom is 0.296 e. The highest BCUT2D eigenvalue weighted by atomic mass is 35.5. The number of amides is 1. The van der Waals surface area contributed by atoms with E-state index >= 15 is 0 Å². The number of benzene rings is 3. The van der Waals surface area contributed by atoms with Crippen molar-refractivity contribution >= 4 is 51.5 Å². The Balaban J connectivity index is 1.67. The molecule has 7 heteroatoms. The second-order valence-electron chi connectivity index (χ2n) is 6.91. The van der Waals surface area contributed by atoms with Gasteiger partial charge in [0, 0.05) is 22.6 Å². The molecule has 0 radical (unpaired) electrons. The number of nitrogens with zero attached hydrogens (tertiary/aromatic N) is 1. The molecule has 0 fully saturated rings. The number of anilines is 1. The largest absolute Gasteiger partial charge is 0.497 e. The number of nitrogens with one attached hydrogen (secondary N) is 1. The number of fused-ring (bicyclic) bond motifs is 1. The summed E-state index contributed by atoms with van der Waals surface area (Å²) in [6.07, 6.45) is 0. The maximum atomic E-state index is 13.1. The van der Waals surface area contributed by atoms with Crippen LogP contribution in [0, 0.1) is 0 Å². The van der Waals surface area contributed by atoms with Crippen LogP contribution in [0.15, 0.2) is 72.8 Å². The van der Waals surface area contributed by atoms with Gasteiger partial charge in [-0.2, -0.15) is 0 Å². The van der Waals surface area contributed by atoms with Crippen molar-refractivity contribution < 1.29 is 14.3 Å². The molecule has 4 aromatic rings. The summed E-state index contributed by atoms with van der Waals surface area (Å²) in [5, 5.41) is 4.09. The van der Waals surface area contributed by atoms with Gasteiger partial charge >= 0.3 is 0 Å². The number of para-hydroxylation sites is 1. The number of hydrogen-bond acceptors (Lipinski definition) is 3. The van der Waals surface area contributed by atoms with E-state index in [0.29, 0.717) is 28.4 Å². The zero-order valence-corrected chi connectivity index (χ0v) is 18.1. The lowest BCUT2D eigenvalue weighted by Gasteiger charge is -2.08. The number of ketones is 1. The SMILES string of the molecule is COc1ccc(NC(=O)C(=O)c2c(Cl)n(Cc3ccc(Cl)cc3)c3ccccc23)cc1. The number of carbonyl (C=O) groups excluding carboxylic acids is 2. The van der Waals surface area contributed by atoms with Gasteiger partial charge in [0.2, 0.25) is 0 Å². The highest BCUT2D eigenvalue weighted by molar-refractivity contribution is 6.51. The summed E-state index contributed by atoms with van der Waals surface area (Å²) in [6, 6.07) is 21.4. The smallest absolute Gasteiger partial charge is 0.296 e. The standard InChI is InChI=1S/C24H18Cl2N2O3/c1-31-18-12-10-17(11-13-18)27-24(30)22(29)21-19-4-2-3-5-20(19)28(23(21)26)14-15-6-8-16(25)9-7-15/h2-13H,14H2,1H3,(H,27,30). The molecule has 0 atom stereocenters. The highest BCUT2D eigenvalue weighted by Crippen LogP contribution is 2.32. The van der Waals surface area contributed by atoms with E-state index in [2.05, 4.69) is 5.32 Å². The van der Waals surface area contributed by atoms with Gasteiger partial charge in [-0.25, -0.2) is 0 Å². The average molecular weight is 453 g/mol. The van der Waals surface area contributed by atoms with Gasteiger partial charge in [0.05, 0.1) is 18.2 Å². The van der Waals surface area contributed by atoms with Crippen molar-refractivity contribution in [3.8, 4) is 5.75 Å². The fraction of sp³-hybridized carbons (Fsp3) is 0.0833. The summed E-state index contributed by atoms with van der Waals surface area (Å²) in [7, 11) is 1.55. The molecule has 3 aromatic carbocycles. The van der Waals surface area contributed by atoms with Gasteiger partial charge < -0.3 is 14.6 Å². The van der Waals surface area contributed by atoms with Crippen LogP contribution < -0.4 is 10.1 Å². The molecule has 156 valence electrons. The van der Waals surface area contributed by atoms with Crippen LogP contribution in [-0.2, 0) is 11.3 Å². The summed E-state index contributed by atoms with van der Waals surface area (Å²) >= 11 is 12.6. The van der Waals surface area contributed by atoms with E-state index < -0.39 is 11.7 Å². The third-order valence-electron chi connectivity index (χ3n) is 4.94. The van der Waals surface area contributed by atoms with Gasteiger partial charge in [-0.15, -0.1) is 0 Å². The predicted molar refractivity (Wildman–Crippen MR) is 123 cm³/mol. The fourth-order valence-corrected chi connectivity index (χ4v) is 3.86. The zero-order valence-electron chi connectivity index (χ0n) is 16.6. The topological polar surface area (TPSA) is 60.3 Å². The number of methoxy groups -OCH3 is 1. The number of hydrogen-bond donors (Lipinski definition) is 1. The first-order valence-corrected chi connectivity index (χ1v) is 10.2. The van der Waals surface area contributed by atoms with Crippen molar-refractivity contribution in [2.24, 2.45) is 0 Å². The molecule has 1 aromatic heterocycles. The van der Waals surface area contributed by atoms with Crippen LogP contribution in [0.3, 0.4) is 0 Å². The summed E-state index contributed by atoms with van der Waals surface area (Å²) < 4.78 is 6.92. The normalized spacial score (nSPS) is 10.8. The van der Waals surface area contributed by atoms with Crippen LogP contribution in [-0.4, -0.2) is 23.4 Å². The van der Waals surface area contributed by atoms with Crippen molar-refractivity contribution in [1.29, 1.82) is 0 Å². The number of Topliss-reactive ketones (excluding diaryl/α,β-unsaturated/α-hetero) is 1. The number of halogens is 2. The lowest BCUT2D eigenvalue weighted by Crippen LogP contribution is -2.23. The second kappa shape index (κ2) is 8.84. The summed E-state index contributed by atoms with van der Waals surface area (Å²) in [5.41, 5.74) is 2.40. The molecular formula is C24H18Cl2N2O3. The molecule has 1 amide bonds. The number of ether oxygens (including phenoxy) is 1. The van der Waals surface area contributed by atoms with Crippen LogP contribution in [0.5, 0.6) is 5.75 Å². The highest BCUT2D eigenvalue weighted by Gasteiger charge is 2.26. The molecule has 4 rings (SSSR count). The Hall–Kier alpha value is -3.28. The Morgan fingerprint density at radius 3 is 2.29 bits per heavy atom. The van der Waals surface area contributed by atoms with E-state index in [0.717, 1.165) is 11.1 Å². The first-order chi connectivity index (χ1) is 15.0. The van der Waals surface area contributed by atoms with Gasteiger partial charge in [-0.1, -0.05) is 53.5 Å². The van der Waals surface area contributed by atoms with Gasteiger partial charge in [-0.05, 0) is 48.0 Å². The number of carbonyl (C=O) groups is 2. The zero-order chi connectivity index (χ0) is 22.0. The van der Waals surface area contributed by atoms with Crippen molar-refractivity contribution in [3.05, 3.63) is 94.1 Å². The molecule has 0 bridgehead atoms. The van der Waals surface area contributed by atoms with E-state index in [1.165, 1.54) is 0 Å². The minimum absolute atomic E-state index is 0.178. The van der Waals surface area contributed by atoms with Crippen molar-refractivity contribution in [3.63, 3.8) is 0 Å². The molecule has 5 nitrogen and oxygen atoms in total. The molecule has 1 N–H and O–H groups in total. The third kappa shape index (κ3) is 4.29. The molecule has 0 aliphatic rings. The Kier molecular flexibility index (Phi) is 5.98. The van der Waals surface area contributed by atoms with E-state index in [9.17, 15) is 9.59 Å². The molecule has 1 heterocycles. The van der Waals surface area contributed by atoms with Crippen LogP contribution >= 0.6 is 23.2 Å². The van der Waals surface area contributed by atoms with Crippen molar-refractivity contribution in [2.45, 2.75) is 6.54 Å². The van der Waals surface area contributed by atoms with Gasteiger partial charge in [0.1, 0.15) is 10.9 Å². The van der Waals surface area contributed by atoms with Crippen LogP contribution in [0.1, 0.15) is 15.9 Å². The Labute approximate surface area is 189 Å². The summed E-state index contributed by atoms with van der Waals surface area (Å²) in [4.78, 5) is 25.8. The molecule has 0 aliphatic carbocycles. The van der Waals surface area contributed by atoms with Gasteiger partial charge in [-0.3, -0.25) is 9.59 Å². The van der Waals surface area contributed by atoms with Crippen LogP contribution in [0.4, 0.5) is 5.69 Å². The first-order valence-electron chi connectivity index (χ1n) is 9.49. The lowest BCUT2D eigenvalue weighted by atomic mass is 10.1. The number of rotatable bonds is 6. The Morgan fingerprint density at radius 2 is 1.61 bits per heavy atom. The maximum absolute atomic E-state index is 13.1. The monoisotopic (exact) mass is 452 g/mol. The second-order valence-corrected chi connectivity index (χ2v) is 7.70. The van der Waals surface area contributed by atoms with Crippen molar-refractivity contribution in [1.82, 2.24) is 4.57 Å². The van der Waals surface area contributed by atoms with Crippen LogP contribution in [0.2, 0.25) is 10.2 Å². The molecule has 0 saturated heterocycles. The molecule has 0 aliphatic heterocycles. The van der Waals surface area contributed by atoms with E-state index in [1.807, 2.05) is 34.9 Å². The third-order valence-corrected chi connectivity index (χ3v) is 5.59. The van der Waals surface area contributed by atoms with E-state index in [4.69, 9.17) is 27.9 Å². The van der Waals surface area contributed by atoms with Gasteiger partial charge in [0.25, 0.3) is 11.7 Å². The molecule has 0 spiro atoms. The fourth-order valence-electron chi connectivity index (χ4n) is 3.39. The summed E-state index contributed by atoms with van der Waals surface area (Å²) in [6.45, 7) is 0.434. The van der Waals surface area contributed by atoms with E-state index in [-0.39, 0.29) is 10.7 Å². The predicted octanol–water partition coefficient (Wildman–Crippen LogP) is 5.83. The lowest BCUT2D eigenvalue weighted by molar-refractivity contribution is -0.112. The molecule has 31 heavy (non-hydrogen) atoms. The molecule has 0 saturated carbocycles. The molecule has 0 unspecified atom stereocenters. The minimum Gasteiger partial charge on any atom is -0.497 e. The Morgan fingerprint density at radius 1 is 0.935 bits per heavy atom. The van der Waals surface area contributed by atoms with Crippen LogP contribution in [0.25, 0.3) is 10.9 Å². The Bertz CT molecular complexity index is 1260. The van der Waals surface area contributed by atoms with Crippen molar-refractivity contribution in [2.75, 3.05) is 12.4 Å². The molecular weight excluding hydrogens is 435 g/mol. The quantitative estimate of drug-likeness (QED) is 0.295. The number of aromatic nitrogens is 1. The average Bonchev–Trinajstić information content (AvgIpc) is 3.06. The summed E-state index contributed by atoms with van der Waals surface area (Å²) in [5.74, 6) is -0.814. The van der Waals surface area contributed by atoms with E-state index in [1.54, 1.807) is 49.6 Å². The van der Waals surface area contributed by atoms with Gasteiger partial charge in [0.15, 0.2) is 0 Å². The minimum atomic E-state index is -0.763. The first kappa shape index (κ1) is 21.0.